The molecule has 3 atom stereocenters. The number of fused-ring (bicyclic) bond motifs is 4. The number of allylic oxidation sites excluding steroid dienone is 4. The molecule has 3 unspecified atom stereocenters. The van der Waals surface area contributed by atoms with E-state index in [2.05, 4.69) is 39.8 Å². The van der Waals surface area contributed by atoms with E-state index in [4.69, 9.17) is 0 Å². The molecule has 4 rings (SSSR count). The van der Waals surface area contributed by atoms with Crippen LogP contribution in [0.4, 0.5) is 0 Å². The van der Waals surface area contributed by atoms with E-state index in [-0.39, 0.29) is 0 Å². The van der Waals surface area contributed by atoms with E-state index in [9.17, 15) is 0 Å². The molecule has 0 aromatic carbocycles. The molecule has 0 heterocycles. The maximum atomic E-state index is 2.67. The Morgan fingerprint density at radius 2 is 1.52 bits per heavy atom. The van der Waals surface area contributed by atoms with Crippen molar-refractivity contribution in [1.82, 2.24) is 0 Å². The lowest BCUT2D eigenvalue weighted by Crippen LogP contribution is -2.45. The minimum Gasteiger partial charge on any atom is -0.0671 e. The molecule has 0 aromatic rings. The predicted octanol–water partition coefficient (Wildman–Crippen LogP) is 6.29. The molecule has 116 valence electrons. The molecule has 4 aliphatic carbocycles. The zero-order valence-electron chi connectivity index (χ0n) is 14.5. The SMILES string of the molecule is CC1=CC=C2C(CCC3(C)C2CCC32CCCC2)C1(C)C. The first-order valence-electron chi connectivity index (χ1n) is 9.30. The van der Waals surface area contributed by atoms with Crippen LogP contribution in [0.3, 0.4) is 0 Å². The van der Waals surface area contributed by atoms with Crippen molar-refractivity contribution in [2.24, 2.45) is 28.1 Å². The Hall–Kier alpha value is -0.520. The lowest BCUT2D eigenvalue weighted by atomic mass is 9.50. The normalized spacial score (nSPS) is 43.2. The molecular weight excluding hydrogens is 252 g/mol. The van der Waals surface area contributed by atoms with Gasteiger partial charge in [0.25, 0.3) is 0 Å². The summed E-state index contributed by atoms with van der Waals surface area (Å²) in [5.74, 6) is 1.70. The van der Waals surface area contributed by atoms with Gasteiger partial charge >= 0.3 is 0 Å². The lowest BCUT2D eigenvalue weighted by Gasteiger charge is -2.54. The van der Waals surface area contributed by atoms with Crippen LogP contribution in [-0.4, -0.2) is 0 Å². The van der Waals surface area contributed by atoms with Crippen molar-refractivity contribution in [3.8, 4) is 0 Å². The summed E-state index contributed by atoms with van der Waals surface area (Å²) >= 11 is 0. The van der Waals surface area contributed by atoms with Crippen LogP contribution in [0, 0.1) is 28.1 Å². The molecule has 3 saturated carbocycles. The fraction of sp³-hybridized carbons (Fsp3) is 0.810. The summed E-state index contributed by atoms with van der Waals surface area (Å²) in [4.78, 5) is 0. The highest BCUT2D eigenvalue weighted by Crippen LogP contribution is 2.71. The van der Waals surface area contributed by atoms with Gasteiger partial charge in [-0.05, 0) is 73.5 Å². The van der Waals surface area contributed by atoms with Gasteiger partial charge in [-0.15, -0.1) is 0 Å². The van der Waals surface area contributed by atoms with Crippen LogP contribution in [0.25, 0.3) is 0 Å². The summed E-state index contributed by atoms with van der Waals surface area (Å²) in [6.45, 7) is 9.98. The first kappa shape index (κ1) is 14.1. The maximum absolute atomic E-state index is 2.67. The zero-order valence-corrected chi connectivity index (χ0v) is 14.5. The zero-order chi connectivity index (χ0) is 14.9. The van der Waals surface area contributed by atoms with Crippen LogP contribution in [0.15, 0.2) is 23.3 Å². The highest BCUT2D eigenvalue weighted by Gasteiger charge is 2.61. The van der Waals surface area contributed by atoms with Crippen LogP contribution in [0.1, 0.15) is 79.1 Å². The molecule has 0 radical (unpaired) electrons. The minimum absolute atomic E-state index is 0.386. The Bertz CT molecular complexity index is 512. The Labute approximate surface area is 131 Å². The van der Waals surface area contributed by atoms with Gasteiger partial charge in [0.2, 0.25) is 0 Å². The van der Waals surface area contributed by atoms with Crippen molar-refractivity contribution in [2.75, 3.05) is 0 Å². The highest BCUT2D eigenvalue weighted by atomic mass is 14.7. The lowest BCUT2D eigenvalue weighted by molar-refractivity contribution is 0.0170. The Morgan fingerprint density at radius 3 is 2.24 bits per heavy atom. The van der Waals surface area contributed by atoms with E-state index in [1.807, 2.05) is 5.57 Å². The van der Waals surface area contributed by atoms with Gasteiger partial charge in [0.15, 0.2) is 0 Å². The van der Waals surface area contributed by atoms with Gasteiger partial charge in [-0.3, -0.25) is 0 Å². The van der Waals surface area contributed by atoms with Crippen molar-refractivity contribution in [1.29, 1.82) is 0 Å². The van der Waals surface area contributed by atoms with E-state index < -0.39 is 0 Å². The number of hydrogen-bond acceptors (Lipinski definition) is 0. The van der Waals surface area contributed by atoms with Gasteiger partial charge in [0.05, 0.1) is 0 Å². The van der Waals surface area contributed by atoms with Crippen LogP contribution in [0.5, 0.6) is 0 Å². The van der Waals surface area contributed by atoms with Crippen molar-refractivity contribution < 1.29 is 0 Å². The smallest absolute Gasteiger partial charge is 0.00787 e. The molecule has 3 fully saturated rings. The molecular formula is C21H32. The second kappa shape index (κ2) is 4.27. The summed E-state index contributed by atoms with van der Waals surface area (Å²) < 4.78 is 0. The van der Waals surface area contributed by atoms with Gasteiger partial charge in [0.1, 0.15) is 0 Å². The van der Waals surface area contributed by atoms with E-state index in [0.717, 1.165) is 11.8 Å². The largest absolute Gasteiger partial charge is 0.0671 e. The Kier molecular flexibility index (Phi) is 2.87. The van der Waals surface area contributed by atoms with E-state index in [0.29, 0.717) is 16.2 Å². The third kappa shape index (κ3) is 1.63. The number of rotatable bonds is 0. The molecule has 0 amide bonds. The van der Waals surface area contributed by atoms with Crippen molar-refractivity contribution in [3.05, 3.63) is 23.3 Å². The summed E-state index contributed by atoms with van der Waals surface area (Å²) in [6, 6.07) is 0. The summed E-state index contributed by atoms with van der Waals surface area (Å²) in [5.41, 5.74) is 5.14. The van der Waals surface area contributed by atoms with Crippen LogP contribution >= 0.6 is 0 Å². The van der Waals surface area contributed by atoms with Crippen molar-refractivity contribution in [3.63, 3.8) is 0 Å². The van der Waals surface area contributed by atoms with Crippen LogP contribution in [-0.2, 0) is 0 Å². The third-order valence-electron chi connectivity index (χ3n) is 8.62. The first-order chi connectivity index (χ1) is 9.91. The Morgan fingerprint density at radius 1 is 0.857 bits per heavy atom. The summed E-state index contributed by atoms with van der Waals surface area (Å²) in [6.07, 6.45) is 16.9. The predicted molar refractivity (Wildman–Crippen MR) is 90.1 cm³/mol. The monoisotopic (exact) mass is 284 g/mol. The summed E-state index contributed by atoms with van der Waals surface area (Å²) in [7, 11) is 0. The van der Waals surface area contributed by atoms with Crippen molar-refractivity contribution in [2.45, 2.75) is 79.1 Å². The molecule has 21 heavy (non-hydrogen) atoms. The van der Waals surface area contributed by atoms with Gasteiger partial charge in [-0.2, -0.15) is 0 Å². The third-order valence-corrected chi connectivity index (χ3v) is 8.62. The highest BCUT2D eigenvalue weighted by molar-refractivity contribution is 5.37. The molecule has 0 N–H and O–H groups in total. The molecule has 1 spiro atoms. The molecule has 4 aliphatic rings. The minimum atomic E-state index is 0.386. The fourth-order valence-electron chi connectivity index (χ4n) is 6.82. The molecule has 0 aromatic heterocycles. The molecule has 0 saturated heterocycles. The first-order valence-corrected chi connectivity index (χ1v) is 9.30. The standard InChI is InChI=1S/C21H32/c1-15-7-8-16-17(19(15,2)3)9-13-20(4)18(16)10-14-21(20)11-5-6-12-21/h7-8,17-18H,5-6,9-14H2,1-4H3. The topological polar surface area (TPSA) is 0 Å². The van der Waals surface area contributed by atoms with Crippen LogP contribution in [0.2, 0.25) is 0 Å². The molecule has 0 nitrogen and oxygen atoms in total. The fourth-order valence-corrected chi connectivity index (χ4v) is 6.82. The summed E-state index contributed by atoms with van der Waals surface area (Å²) in [5, 5.41) is 0. The van der Waals surface area contributed by atoms with Gasteiger partial charge in [0, 0.05) is 0 Å². The maximum Gasteiger partial charge on any atom is -0.00787 e. The second-order valence-corrected chi connectivity index (χ2v) is 9.33. The van der Waals surface area contributed by atoms with Gasteiger partial charge in [-0.25, -0.2) is 0 Å². The van der Waals surface area contributed by atoms with Crippen LogP contribution < -0.4 is 0 Å². The molecule has 0 aliphatic heterocycles. The number of hydrogen-bond donors (Lipinski definition) is 0. The average molecular weight is 284 g/mol. The van der Waals surface area contributed by atoms with Gasteiger partial charge in [-0.1, -0.05) is 56.9 Å². The molecule has 0 bridgehead atoms. The van der Waals surface area contributed by atoms with E-state index >= 15 is 0 Å². The van der Waals surface area contributed by atoms with E-state index in [1.54, 1.807) is 5.57 Å². The van der Waals surface area contributed by atoms with Gasteiger partial charge < -0.3 is 0 Å². The Balaban J connectivity index is 1.75. The van der Waals surface area contributed by atoms with E-state index in [1.165, 1.54) is 51.4 Å². The van der Waals surface area contributed by atoms with Crippen molar-refractivity contribution >= 4 is 0 Å². The molecule has 0 heteroatoms. The quantitative estimate of drug-likeness (QED) is 0.490. The second-order valence-electron chi connectivity index (χ2n) is 9.33. The average Bonchev–Trinajstić information content (AvgIpc) is 3.02.